The van der Waals surface area contributed by atoms with E-state index in [9.17, 15) is 14.4 Å². The van der Waals surface area contributed by atoms with Crippen LogP contribution in [0.5, 0.6) is 0 Å². The number of rotatable bonds is 9. The van der Waals surface area contributed by atoms with Crippen molar-refractivity contribution in [2.75, 3.05) is 6.61 Å². The Labute approximate surface area is 125 Å². The molecule has 0 spiro atoms. The molecule has 0 heterocycles. The molecule has 0 saturated carbocycles. The minimum atomic E-state index is -0.596. The zero-order chi connectivity index (χ0) is 15.7. The first-order valence-electron chi connectivity index (χ1n) is 7.54. The van der Waals surface area contributed by atoms with Gasteiger partial charge in [-0.1, -0.05) is 25.3 Å². The Kier molecular flexibility index (Phi) is 7.72. The average molecular weight is 296 g/mol. The van der Waals surface area contributed by atoms with Crippen molar-refractivity contribution >= 4 is 17.7 Å². The summed E-state index contributed by atoms with van der Waals surface area (Å²) in [4.78, 5) is 33.3. The van der Waals surface area contributed by atoms with Crippen molar-refractivity contribution < 1.29 is 23.9 Å². The fraction of sp³-hybridized carbons (Fsp3) is 0.688. The molecule has 0 fully saturated rings. The molecule has 0 bridgehead atoms. The van der Waals surface area contributed by atoms with E-state index in [2.05, 4.69) is 0 Å². The first-order chi connectivity index (χ1) is 10.0. The highest BCUT2D eigenvalue weighted by atomic mass is 16.5. The minimum absolute atomic E-state index is 0.0416. The van der Waals surface area contributed by atoms with Crippen LogP contribution in [0.4, 0.5) is 0 Å². The summed E-state index contributed by atoms with van der Waals surface area (Å²) in [6.07, 6.45) is 7.53. The van der Waals surface area contributed by atoms with Crippen LogP contribution in [0.1, 0.15) is 58.8 Å². The topological polar surface area (TPSA) is 69.7 Å². The van der Waals surface area contributed by atoms with Gasteiger partial charge in [0.15, 0.2) is 11.9 Å². The van der Waals surface area contributed by atoms with E-state index in [1.807, 2.05) is 6.08 Å². The molecule has 0 aliphatic heterocycles. The molecule has 5 nitrogen and oxygen atoms in total. The number of unbranched alkanes of at least 4 members (excludes halogenated alkanes) is 4. The maximum Gasteiger partial charge on any atom is 0.303 e. The van der Waals surface area contributed by atoms with Crippen LogP contribution < -0.4 is 0 Å². The normalized spacial score (nSPS) is 17.5. The van der Waals surface area contributed by atoms with Crippen LogP contribution in [-0.4, -0.2) is 30.4 Å². The lowest BCUT2D eigenvalue weighted by Gasteiger charge is -2.09. The Morgan fingerprint density at radius 2 is 1.76 bits per heavy atom. The summed E-state index contributed by atoms with van der Waals surface area (Å²) < 4.78 is 9.82. The third-order valence-corrected chi connectivity index (χ3v) is 3.39. The second-order valence-electron chi connectivity index (χ2n) is 5.29. The second-order valence-corrected chi connectivity index (χ2v) is 5.29. The number of esters is 2. The SMILES string of the molecule is CC(=O)OCCCCCCCC1=CCC(OC(C)=O)C1=O. The van der Waals surface area contributed by atoms with Crippen molar-refractivity contribution in [3.05, 3.63) is 11.6 Å². The van der Waals surface area contributed by atoms with Crippen LogP contribution in [0.25, 0.3) is 0 Å². The third-order valence-electron chi connectivity index (χ3n) is 3.39. The highest BCUT2D eigenvalue weighted by Gasteiger charge is 2.28. The molecule has 1 unspecified atom stereocenters. The number of hydrogen-bond acceptors (Lipinski definition) is 5. The monoisotopic (exact) mass is 296 g/mol. The summed E-state index contributed by atoms with van der Waals surface area (Å²) in [7, 11) is 0. The number of hydrogen-bond donors (Lipinski definition) is 0. The molecule has 1 atom stereocenters. The van der Waals surface area contributed by atoms with Gasteiger partial charge in [0.05, 0.1) is 6.61 Å². The van der Waals surface area contributed by atoms with Gasteiger partial charge in [-0.25, -0.2) is 0 Å². The molecule has 0 aromatic heterocycles. The minimum Gasteiger partial charge on any atom is -0.466 e. The maximum absolute atomic E-state index is 11.9. The highest BCUT2D eigenvalue weighted by molar-refractivity contribution is 6.02. The van der Waals surface area contributed by atoms with Gasteiger partial charge in [-0.2, -0.15) is 0 Å². The van der Waals surface area contributed by atoms with Crippen molar-refractivity contribution in [3.8, 4) is 0 Å². The van der Waals surface area contributed by atoms with Crippen molar-refractivity contribution in [2.45, 2.75) is 64.9 Å². The van der Waals surface area contributed by atoms with Gasteiger partial charge in [-0.3, -0.25) is 14.4 Å². The van der Waals surface area contributed by atoms with E-state index < -0.39 is 12.1 Å². The number of Topliss-reactive ketones (excluding diaryl/α,β-unsaturated/α-hetero) is 1. The van der Waals surface area contributed by atoms with Gasteiger partial charge >= 0.3 is 11.9 Å². The zero-order valence-corrected chi connectivity index (χ0v) is 12.9. The fourth-order valence-corrected chi connectivity index (χ4v) is 2.35. The van der Waals surface area contributed by atoms with Gasteiger partial charge in [0.1, 0.15) is 0 Å². The highest BCUT2D eigenvalue weighted by Crippen LogP contribution is 2.23. The number of carbonyl (C=O) groups is 3. The quantitative estimate of drug-likeness (QED) is 0.483. The maximum atomic E-state index is 11.9. The van der Waals surface area contributed by atoms with Crippen LogP contribution in [0.3, 0.4) is 0 Å². The molecule has 0 radical (unpaired) electrons. The van der Waals surface area contributed by atoms with Gasteiger partial charge < -0.3 is 9.47 Å². The fourth-order valence-electron chi connectivity index (χ4n) is 2.35. The Morgan fingerprint density at radius 3 is 2.43 bits per heavy atom. The number of ether oxygens (including phenoxy) is 2. The van der Waals surface area contributed by atoms with Gasteiger partial charge in [0.25, 0.3) is 0 Å². The first-order valence-corrected chi connectivity index (χ1v) is 7.54. The van der Waals surface area contributed by atoms with E-state index in [1.165, 1.54) is 13.8 Å². The van der Waals surface area contributed by atoms with Gasteiger partial charge in [-0.05, 0) is 24.8 Å². The van der Waals surface area contributed by atoms with E-state index in [4.69, 9.17) is 9.47 Å². The molecule has 0 aromatic carbocycles. The molecule has 0 amide bonds. The summed E-state index contributed by atoms with van der Waals surface area (Å²) in [6, 6.07) is 0. The van der Waals surface area contributed by atoms with Crippen LogP contribution in [-0.2, 0) is 23.9 Å². The molecule has 0 aromatic rings. The van der Waals surface area contributed by atoms with Crippen LogP contribution in [0, 0.1) is 0 Å². The summed E-state index contributed by atoms with van der Waals surface area (Å²) in [5, 5.41) is 0. The Balaban J connectivity index is 2.05. The molecular weight excluding hydrogens is 272 g/mol. The summed E-state index contributed by atoms with van der Waals surface area (Å²) in [5.41, 5.74) is 0.793. The molecule has 0 N–H and O–H groups in total. The van der Waals surface area contributed by atoms with E-state index >= 15 is 0 Å². The number of carbonyl (C=O) groups excluding carboxylic acids is 3. The third kappa shape index (κ3) is 7.06. The van der Waals surface area contributed by atoms with E-state index in [1.54, 1.807) is 0 Å². The van der Waals surface area contributed by atoms with Gasteiger partial charge in [0, 0.05) is 20.3 Å². The lowest BCUT2D eigenvalue weighted by atomic mass is 10.0. The molecule has 118 valence electrons. The lowest BCUT2D eigenvalue weighted by Crippen LogP contribution is -2.22. The predicted molar refractivity (Wildman–Crippen MR) is 77.6 cm³/mol. The van der Waals surface area contributed by atoms with E-state index in [0.29, 0.717) is 13.0 Å². The predicted octanol–water partition coefficient (Wildman–Crippen LogP) is 2.72. The van der Waals surface area contributed by atoms with Crippen LogP contribution >= 0.6 is 0 Å². The molecule has 1 rings (SSSR count). The largest absolute Gasteiger partial charge is 0.466 e. The summed E-state index contributed by atoms with van der Waals surface area (Å²) in [6.45, 7) is 3.22. The lowest BCUT2D eigenvalue weighted by molar-refractivity contribution is -0.150. The molecule has 5 heteroatoms. The molecular formula is C16H24O5. The van der Waals surface area contributed by atoms with Gasteiger partial charge in [-0.15, -0.1) is 0 Å². The molecule has 21 heavy (non-hydrogen) atoms. The zero-order valence-electron chi connectivity index (χ0n) is 12.9. The van der Waals surface area contributed by atoms with Crippen molar-refractivity contribution in [1.29, 1.82) is 0 Å². The van der Waals surface area contributed by atoms with Crippen molar-refractivity contribution in [2.24, 2.45) is 0 Å². The first kappa shape index (κ1) is 17.4. The molecule has 1 aliphatic rings. The van der Waals surface area contributed by atoms with Gasteiger partial charge in [0.2, 0.25) is 0 Å². The average Bonchev–Trinajstić information content (AvgIpc) is 2.73. The Hall–Kier alpha value is -1.65. The Morgan fingerprint density at radius 1 is 1.10 bits per heavy atom. The number of ketones is 1. The van der Waals surface area contributed by atoms with Crippen LogP contribution in [0.2, 0.25) is 0 Å². The van der Waals surface area contributed by atoms with Crippen molar-refractivity contribution in [1.82, 2.24) is 0 Å². The Bertz CT molecular complexity index is 411. The summed E-state index contributed by atoms with van der Waals surface area (Å²) >= 11 is 0. The van der Waals surface area contributed by atoms with Crippen LogP contribution in [0.15, 0.2) is 11.6 Å². The van der Waals surface area contributed by atoms with E-state index in [0.717, 1.165) is 44.1 Å². The standard InChI is InChI=1S/C16H24O5/c1-12(17)20-11-7-5-3-4-6-8-14-9-10-15(16(14)19)21-13(2)18/h9,15H,3-8,10-11H2,1-2H3. The molecule has 1 aliphatic carbocycles. The summed E-state index contributed by atoms with van der Waals surface area (Å²) in [5.74, 6) is -0.681. The van der Waals surface area contributed by atoms with E-state index in [-0.39, 0.29) is 11.8 Å². The molecule has 0 saturated heterocycles. The second kappa shape index (κ2) is 9.32. The van der Waals surface area contributed by atoms with Crippen molar-refractivity contribution in [3.63, 3.8) is 0 Å². The smallest absolute Gasteiger partial charge is 0.303 e.